The number of aromatic nitrogens is 2. The fraction of sp³-hybridized carbons (Fsp3) is 0.476. The van der Waals surface area contributed by atoms with Crippen LogP contribution in [0.3, 0.4) is 0 Å². The monoisotopic (exact) mass is 368 g/mol. The number of ether oxygens (including phenoxy) is 1. The molecule has 27 heavy (non-hydrogen) atoms. The van der Waals surface area contributed by atoms with Gasteiger partial charge in [-0.05, 0) is 49.3 Å². The van der Waals surface area contributed by atoms with Gasteiger partial charge >= 0.3 is 0 Å². The van der Waals surface area contributed by atoms with Crippen molar-refractivity contribution in [2.75, 3.05) is 25.5 Å². The van der Waals surface area contributed by atoms with E-state index in [0.29, 0.717) is 23.5 Å². The van der Waals surface area contributed by atoms with Crippen LogP contribution < -0.4 is 10.1 Å². The molecule has 0 spiro atoms. The molecule has 1 fully saturated rings. The molecule has 3 unspecified atom stereocenters. The van der Waals surface area contributed by atoms with Crippen molar-refractivity contribution in [1.29, 1.82) is 0 Å². The van der Waals surface area contributed by atoms with E-state index in [1.54, 1.807) is 13.3 Å². The number of nitrogens with zero attached hydrogens (tertiary/aromatic N) is 3. The SMILES string of the molecule is COc1ccc(C2CC(C)CN(C(C)C(=O)Nc3ccc(C)cn3)C2)cn1. The lowest BCUT2D eigenvalue weighted by atomic mass is 9.85. The van der Waals surface area contributed by atoms with E-state index in [1.807, 2.05) is 38.2 Å². The Morgan fingerprint density at radius 2 is 2.04 bits per heavy atom. The lowest BCUT2D eigenvalue weighted by molar-refractivity contribution is -0.121. The highest BCUT2D eigenvalue weighted by atomic mass is 16.5. The van der Waals surface area contributed by atoms with E-state index in [2.05, 4.69) is 33.2 Å². The standard InChI is InChI=1S/C21H28N4O2/c1-14-5-7-19(22-10-14)24-21(26)16(3)25-12-15(2)9-18(13-25)17-6-8-20(27-4)23-11-17/h5-8,10-11,15-16,18H,9,12-13H2,1-4H3,(H,22,24,26). The number of hydrogen-bond donors (Lipinski definition) is 1. The minimum Gasteiger partial charge on any atom is -0.481 e. The number of anilines is 1. The molecule has 0 aliphatic carbocycles. The number of likely N-dealkylation sites (tertiary alicyclic amines) is 1. The lowest BCUT2D eigenvalue weighted by Crippen LogP contribution is -2.48. The van der Waals surface area contributed by atoms with Gasteiger partial charge in [-0.15, -0.1) is 0 Å². The van der Waals surface area contributed by atoms with E-state index in [4.69, 9.17) is 4.74 Å². The Morgan fingerprint density at radius 1 is 1.22 bits per heavy atom. The third-order valence-electron chi connectivity index (χ3n) is 5.22. The Kier molecular flexibility index (Phi) is 6.06. The Hall–Kier alpha value is -2.47. The maximum Gasteiger partial charge on any atom is 0.242 e. The van der Waals surface area contributed by atoms with Crippen molar-refractivity contribution in [3.63, 3.8) is 0 Å². The summed E-state index contributed by atoms with van der Waals surface area (Å²) in [5, 5.41) is 2.93. The Bertz CT molecular complexity index is 761. The van der Waals surface area contributed by atoms with Crippen molar-refractivity contribution in [2.45, 2.75) is 39.2 Å². The quantitative estimate of drug-likeness (QED) is 0.877. The molecule has 144 valence electrons. The van der Waals surface area contributed by atoms with E-state index in [9.17, 15) is 4.79 Å². The van der Waals surface area contributed by atoms with Crippen LogP contribution in [0.5, 0.6) is 5.88 Å². The highest BCUT2D eigenvalue weighted by molar-refractivity contribution is 5.93. The number of methoxy groups -OCH3 is 1. The molecule has 6 heteroatoms. The Labute approximate surface area is 161 Å². The van der Waals surface area contributed by atoms with Crippen molar-refractivity contribution in [3.8, 4) is 5.88 Å². The molecule has 0 radical (unpaired) electrons. The maximum absolute atomic E-state index is 12.7. The van der Waals surface area contributed by atoms with Crippen molar-refractivity contribution in [3.05, 3.63) is 47.8 Å². The molecule has 2 aromatic heterocycles. The van der Waals surface area contributed by atoms with E-state index in [-0.39, 0.29) is 11.9 Å². The first kappa shape index (κ1) is 19.3. The van der Waals surface area contributed by atoms with Gasteiger partial charge in [-0.3, -0.25) is 9.69 Å². The zero-order valence-corrected chi connectivity index (χ0v) is 16.5. The molecule has 0 bridgehead atoms. The Balaban J connectivity index is 1.66. The summed E-state index contributed by atoms with van der Waals surface area (Å²) in [6.07, 6.45) is 4.75. The molecule has 1 N–H and O–H groups in total. The molecule has 3 rings (SSSR count). The van der Waals surface area contributed by atoms with Gasteiger partial charge in [0.25, 0.3) is 0 Å². The van der Waals surface area contributed by atoms with Gasteiger partial charge in [0.1, 0.15) is 5.82 Å². The Morgan fingerprint density at radius 3 is 2.67 bits per heavy atom. The summed E-state index contributed by atoms with van der Waals surface area (Å²) in [6.45, 7) is 7.93. The van der Waals surface area contributed by atoms with Crippen molar-refractivity contribution >= 4 is 11.7 Å². The first-order valence-electron chi connectivity index (χ1n) is 9.43. The van der Waals surface area contributed by atoms with Crippen LogP contribution in [0, 0.1) is 12.8 Å². The zero-order chi connectivity index (χ0) is 19.4. The highest BCUT2D eigenvalue weighted by Gasteiger charge is 2.31. The second kappa shape index (κ2) is 8.48. The second-order valence-electron chi connectivity index (χ2n) is 7.51. The molecule has 1 aliphatic rings. The van der Waals surface area contributed by atoms with Gasteiger partial charge in [0.05, 0.1) is 13.2 Å². The minimum absolute atomic E-state index is 0.0212. The van der Waals surface area contributed by atoms with Crippen LogP contribution in [-0.4, -0.2) is 47.0 Å². The summed E-state index contributed by atoms with van der Waals surface area (Å²) in [4.78, 5) is 23.6. The minimum atomic E-state index is -0.218. The average molecular weight is 368 g/mol. The predicted octanol–water partition coefficient (Wildman–Crippen LogP) is 3.25. The smallest absolute Gasteiger partial charge is 0.242 e. The fourth-order valence-electron chi connectivity index (χ4n) is 3.64. The van der Waals surface area contributed by atoms with Crippen LogP contribution in [0.1, 0.15) is 37.3 Å². The number of carbonyl (C=O) groups is 1. The molecular formula is C21H28N4O2. The third-order valence-corrected chi connectivity index (χ3v) is 5.22. The van der Waals surface area contributed by atoms with Crippen LogP contribution in [0.4, 0.5) is 5.82 Å². The van der Waals surface area contributed by atoms with Gasteiger partial charge in [-0.1, -0.05) is 19.1 Å². The molecule has 0 aromatic carbocycles. The molecule has 6 nitrogen and oxygen atoms in total. The largest absolute Gasteiger partial charge is 0.481 e. The van der Waals surface area contributed by atoms with E-state index in [0.717, 1.165) is 25.1 Å². The number of nitrogens with one attached hydrogen (secondary N) is 1. The molecule has 0 saturated carbocycles. The van der Waals surface area contributed by atoms with Gasteiger partial charge in [0, 0.05) is 31.5 Å². The van der Waals surface area contributed by atoms with Crippen LogP contribution in [0.25, 0.3) is 0 Å². The van der Waals surface area contributed by atoms with Crippen LogP contribution in [0.15, 0.2) is 36.7 Å². The van der Waals surface area contributed by atoms with Crippen molar-refractivity contribution in [1.82, 2.24) is 14.9 Å². The molecule has 2 aromatic rings. The summed E-state index contributed by atoms with van der Waals surface area (Å²) < 4.78 is 5.15. The van der Waals surface area contributed by atoms with Crippen molar-refractivity contribution < 1.29 is 9.53 Å². The first-order chi connectivity index (χ1) is 13.0. The third kappa shape index (κ3) is 4.83. The fourth-order valence-corrected chi connectivity index (χ4v) is 3.64. The number of carbonyl (C=O) groups excluding carboxylic acids is 1. The number of aryl methyl sites for hydroxylation is 1. The number of hydrogen-bond acceptors (Lipinski definition) is 5. The molecule has 3 heterocycles. The number of piperidine rings is 1. The number of amides is 1. The van der Waals surface area contributed by atoms with Gasteiger partial charge in [-0.25, -0.2) is 9.97 Å². The molecule has 1 aliphatic heterocycles. The van der Waals surface area contributed by atoms with E-state index in [1.165, 1.54) is 5.56 Å². The summed E-state index contributed by atoms with van der Waals surface area (Å²) in [6, 6.07) is 7.55. The number of pyridine rings is 2. The first-order valence-corrected chi connectivity index (χ1v) is 9.43. The predicted molar refractivity (Wildman–Crippen MR) is 106 cm³/mol. The maximum atomic E-state index is 12.7. The molecular weight excluding hydrogens is 340 g/mol. The average Bonchev–Trinajstić information content (AvgIpc) is 2.68. The normalized spacial score (nSPS) is 21.5. The highest BCUT2D eigenvalue weighted by Crippen LogP contribution is 2.31. The van der Waals surface area contributed by atoms with Crippen LogP contribution in [0.2, 0.25) is 0 Å². The van der Waals surface area contributed by atoms with Gasteiger partial charge in [-0.2, -0.15) is 0 Å². The van der Waals surface area contributed by atoms with Crippen LogP contribution >= 0.6 is 0 Å². The van der Waals surface area contributed by atoms with E-state index < -0.39 is 0 Å². The molecule has 1 saturated heterocycles. The molecule has 3 atom stereocenters. The van der Waals surface area contributed by atoms with Crippen molar-refractivity contribution in [2.24, 2.45) is 5.92 Å². The lowest BCUT2D eigenvalue weighted by Gasteiger charge is -2.39. The topological polar surface area (TPSA) is 67.3 Å². The summed E-state index contributed by atoms with van der Waals surface area (Å²) in [5.74, 6) is 2.07. The van der Waals surface area contributed by atoms with Gasteiger partial charge in [0.15, 0.2) is 0 Å². The zero-order valence-electron chi connectivity index (χ0n) is 16.5. The summed E-state index contributed by atoms with van der Waals surface area (Å²) in [7, 11) is 1.62. The van der Waals surface area contributed by atoms with Crippen LogP contribution in [-0.2, 0) is 4.79 Å². The number of rotatable bonds is 5. The summed E-state index contributed by atoms with van der Waals surface area (Å²) >= 11 is 0. The van der Waals surface area contributed by atoms with E-state index >= 15 is 0 Å². The summed E-state index contributed by atoms with van der Waals surface area (Å²) in [5.41, 5.74) is 2.27. The second-order valence-corrected chi connectivity index (χ2v) is 7.51. The van der Waals surface area contributed by atoms with Gasteiger partial charge in [0.2, 0.25) is 11.8 Å². The molecule has 1 amide bonds. The van der Waals surface area contributed by atoms with Gasteiger partial charge < -0.3 is 10.1 Å².